The topological polar surface area (TPSA) is 60.2 Å². The number of carbonyl (C=O) groups is 1. The van der Waals surface area contributed by atoms with Crippen LogP contribution in [0.4, 0.5) is 5.69 Å². The Labute approximate surface area is 82.7 Å². The van der Waals surface area contributed by atoms with Crippen molar-refractivity contribution in [3.63, 3.8) is 0 Å². The maximum absolute atomic E-state index is 10.0. The Bertz CT molecular complexity index is 272. The minimum Gasteiger partial charge on any atom is -0.303 e. The van der Waals surface area contributed by atoms with E-state index in [1.807, 2.05) is 6.92 Å². The molecule has 0 fully saturated rings. The summed E-state index contributed by atoms with van der Waals surface area (Å²) in [6.07, 6.45) is 2.61. The van der Waals surface area contributed by atoms with Crippen molar-refractivity contribution < 1.29 is 9.72 Å². The smallest absolute Gasteiger partial charge is 0.269 e. The van der Waals surface area contributed by atoms with E-state index >= 15 is 0 Å². The Morgan fingerprint density at radius 2 is 1.93 bits per heavy atom. The van der Waals surface area contributed by atoms with E-state index in [0.717, 1.165) is 12.7 Å². The molecular formula is C10H13NO3. The zero-order valence-electron chi connectivity index (χ0n) is 8.05. The van der Waals surface area contributed by atoms with Crippen LogP contribution in [0.1, 0.15) is 19.8 Å². The van der Waals surface area contributed by atoms with Crippen LogP contribution in [0.5, 0.6) is 0 Å². The fraction of sp³-hybridized carbons (Fsp3) is 0.300. The number of hydrogen-bond donors (Lipinski definition) is 0. The minimum absolute atomic E-state index is 0.137. The largest absolute Gasteiger partial charge is 0.303 e. The third-order valence-corrected chi connectivity index (χ3v) is 1.37. The number of rotatable bonds is 3. The van der Waals surface area contributed by atoms with E-state index in [9.17, 15) is 14.9 Å². The molecule has 1 rings (SSSR count). The number of carbonyl (C=O) groups excluding carboxylic acids is 1. The lowest BCUT2D eigenvalue weighted by Crippen LogP contribution is -1.84. The highest BCUT2D eigenvalue weighted by Gasteiger charge is 1.98. The third kappa shape index (κ3) is 5.88. The average molecular weight is 195 g/mol. The number of para-hydroxylation sites is 1. The van der Waals surface area contributed by atoms with E-state index < -0.39 is 4.92 Å². The number of aldehydes is 1. The molecule has 0 saturated carbocycles. The van der Waals surface area contributed by atoms with Gasteiger partial charge >= 0.3 is 0 Å². The number of hydrogen-bond acceptors (Lipinski definition) is 3. The maximum atomic E-state index is 10.0. The molecule has 0 atom stereocenters. The SMILES string of the molecule is CCCC=O.O=[N+]([O-])c1ccccc1. The van der Waals surface area contributed by atoms with Gasteiger partial charge < -0.3 is 4.79 Å². The van der Waals surface area contributed by atoms with Crippen LogP contribution < -0.4 is 0 Å². The molecule has 0 aliphatic heterocycles. The summed E-state index contributed by atoms with van der Waals surface area (Å²) in [5.41, 5.74) is 0.137. The van der Waals surface area contributed by atoms with E-state index in [-0.39, 0.29) is 5.69 Å². The summed E-state index contributed by atoms with van der Waals surface area (Å²) in [6, 6.07) is 7.93. The van der Waals surface area contributed by atoms with Crippen molar-refractivity contribution in [2.45, 2.75) is 19.8 Å². The molecule has 0 saturated heterocycles. The van der Waals surface area contributed by atoms with Crippen molar-refractivity contribution >= 4 is 12.0 Å². The first-order valence-electron chi connectivity index (χ1n) is 4.35. The van der Waals surface area contributed by atoms with Gasteiger partial charge in [-0.1, -0.05) is 25.1 Å². The monoisotopic (exact) mass is 195 g/mol. The lowest BCUT2D eigenvalue weighted by Gasteiger charge is -1.85. The van der Waals surface area contributed by atoms with Crippen LogP contribution in [0.25, 0.3) is 0 Å². The van der Waals surface area contributed by atoms with Crippen molar-refractivity contribution in [2.24, 2.45) is 0 Å². The van der Waals surface area contributed by atoms with Gasteiger partial charge in [0.05, 0.1) is 4.92 Å². The van der Waals surface area contributed by atoms with Gasteiger partial charge in [-0.2, -0.15) is 0 Å². The molecule has 76 valence electrons. The molecule has 0 bridgehead atoms. The standard InChI is InChI=1S/C6H5NO2.C4H8O/c8-7(9)6-4-2-1-3-5-6;1-2-3-4-5/h1-5H;4H,2-3H2,1H3. The minimum atomic E-state index is -0.417. The molecule has 0 aliphatic rings. The van der Waals surface area contributed by atoms with E-state index in [1.165, 1.54) is 12.1 Å². The number of unbranched alkanes of at least 4 members (excludes halogenated alkanes) is 1. The predicted molar refractivity (Wildman–Crippen MR) is 54.1 cm³/mol. The van der Waals surface area contributed by atoms with Gasteiger partial charge in [-0.05, 0) is 6.42 Å². The normalized spacial score (nSPS) is 8.36. The molecule has 0 N–H and O–H groups in total. The summed E-state index contributed by atoms with van der Waals surface area (Å²) < 4.78 is 0. The summed E-state index contributed by atoms with van der Waals surface area (Å²) in [5.74, 6) is 0. The van der Waals surface area contributed by atoms with E-state index in [1.54, 1.807) is 18.2 Å². The molecule has 0 radical (unpaired) electrons. The molecule has 4 heteroatoms. The molecule has 0 spiro atoms. The molecule has 4 nitrogen and oxygen atoms in total. The van der Waals surface area contributed by atoms with Gasteiger partial charge in [-0.15, -0.1) is 0 Å². The van der Waals surface area contributed by atoms with E-state index in [4.69, 9.17) is 0 Å². The average Bonchev–Trinajstić information content (AvgIpc) is 2.21. The molecule has 0 aromatic heterocycles. The number of nitro groups is 1. The number of non-ortho nitro benzene ring substituents is 1. The highest BCUT2D eigenvalue weighted by atomic mass is 16.6. The van der Waals surface area contributed by atoms with Crippen LogP contribution in [-0.2, 0) is 4.79 Å². The van der Waals surface area contributed by atoms with Crippen LogP contribution in [0, 0.1) is 10.1 Å². The van der Waals surface area contributed by atoms with Crippen molar-refractivity contribution in [3.8, 4) is 0 Å². The quantitative estimate of drug-likeness (QED) is 0.423. The molecule has 0 heterocycles. The van der Waals surface area contributed by atoms with Gasteiger partial charge in [0, 0.05) is 18.6 Å². The first-order valence-corrected chi connectivity index (χ1v) is 4.35. The first-order chi connectivity index (χ1) is 6.72. The van der Waals surface area contributed by atoms with Crippen LogP contribution in [0.3, 0.4) is 0 Å². The fourth-order valence-corrected chi connectivity index (χ4v) is 0.668. The first kappa shape index (κ1) is 12.3. The van der Waals surface area contributed by atoms with Crippen LogP contribution in [0.2, 0.25) is 0 Å². The van der Waals surface area contributed by atoms with Crippen LogP contribution >= 0.6 is 0 Å². The Balaban J connectivity index is 0.000000292. The van der Waals surface area contributed by atoms with Gasteiger partial charge in [-0.3, -0.25) is 10.1 Å². The predicted octanol–water partition coefficient (Wildman–Crippen LogP) is 2.58. The van der Waals surface area contributed by atoms with Crippen molar-refractivity contribution in [2.75, 3.05) is 0 Å². The van der Waals surface area contributed by atoms with Crippen LogP contribution in [0.15, 0.2) is 30.3 Å². The van der Waals surface area contributed by atoms with Crippen molar-refractivity contribution in [1.82, 2.24) is 0 Å². The molecular weight excluding hydrogens is 182 g/mol. The molecule has 1 aromatic rings. The van der Waals surface area contributed by atoms with Gasteiger partial charge in [0.2, 0.25) is 0 Å². The molecule has 0 unspecified atom stereocenters. The van der Waals surface area contributed by atoms with Gasteiger partial charge in [-0.25, -0.2) is 0 Å². The Hall–Kier alpha value is -1.71. The summed E-state index contributed by atoms with van der Waals surface area (Å²) in [6.45, 7) is 1.98. The fourth-order valence-electron chi connectivity index (χ4n) is 0.668. The summed E-state index contributed by atoms with van der Waals surface area (Å²) in [7, 11) is 0. The molecule has 0 amide bonds. The maximum Gasteiger partial charge on any atom is 0.269 e. The molecule has 1 aromatic carbocycles. The van der Waals surface area contributed by atoms with Gasteiger partial charge in [0.1, 0.15) is 6.29 Å². The number of nitro benzene ring substituents is 1. The molecule has 14 heavy (non-hydrogen) atoms. The number of nitrogens with zero attached hydrogens (tertiary/aromatic N) is 1. The second-order valence-electron chi connectivity index (χ2n) is 2.55. The van der Waals surface area contributed by atoms with E-state index in [2.05, 4.69) is 0 Å². The summed E-state index contributed by atoms with van der Waals surface area (Å²) in [5, 5.41) is 10.0. The van der Waals surface area contributed by atoms with Crippen molar-refractivity contribution in [3.05, 3.63) is 40.4 Å². The zero-order chi connectivity index (χ0) is 10.8. The summed E-state index contributed by atoms with van der Waals surface area (Å²) in [4.78, 5) is 19.0. The second kappa shape index (κ2) is 7.91. The second-order valence-corrected chi connectivity index (χ2v) is 2.55. The highest BCUT2D eigenvalue weighted by molar-refractivity contribution is 5.48. The Kier molecular flexibility index (Phi) is 6.95. The summed E-state index contributed by atoms with van der Waals surface area (Å²) >= 11 is 0. The number of benzene rings is 1. The van der Waals surface area contributed by atoms with E-state index in [0.29, 0.717) is 6.42 Å². The third-order valence-electron chi connectivity index (χ3n) is 1.37. The lowest BCUT2D eigenvalue weighted by molar-refractivity contribution is -0.384. The zero-order valence-corrected chi connectivity index (χ0v) is 8.05. The Morgan fingerprint density at radius 3 is 2.14 bits per heavy atom. The highest BCUT2D eigenvalue weighted by Crippen LogP contribution is 2.06. The lowest BCUT2D eigenvalue weighted by atomic mass is 10.3. The van der Waals surface area contributed by atoms with Crippen molar-refractivity contribution in [1.29, 1.82) is 0 Å². The van der Waals surface area contributed by atoms with Crippen LogP contribution in [-0.4, -0.2) is 11.2 Å². The van der Waals surface area contributed by atoms with Gasteiger partial charge in [0.15, 0.2) is 0 Å². The molecule has 0 aliphatic carbocycles. The van der Waals surface area contributed by atoms with Gasteiger partial charge in [0.25, 0.3) is 5.69 Å². The Morgan fingerprint density at radius 1 is 1.36 bits per heavy atom.